The number of benzene rings is 1. The predicted molar refractivity (Wildman–Crippen MR) is 163 cm³/mol. The minimum Gasteiger partial charge on any atom is -0.482 e. The van der Waals surface area contributed by atoms with E-state index >= 15 is 0 Å². The minimum atomic E-state index is -1.04. The van der Waals surface area contributed by atoms with Crippen LogP contribution in [0, 0.1) is 26.7 Å². The van der Waals surface area contributed by atoms with Gasteiger partial charge in [-0.15, -0.1) is 0 Å². The Morgan fingerprint density at radius 1 is 1.07 bits per heavy atom. The van der Waals surface area contributed by atoms with Crippen LogP contribution < -0.4 is 10.1 Å². The first-order valence-electron chi connectivity index (χ1n) is 15.1. The summed E-state index contributed by atoms with van der Waals surface area (Å²) in [4.78, 5) is 40.6. The fraction of sp³-hybridized carbons (Fsp3) is 0.656. The number of ketones is 1. The molecule has 4 bridgehead atoms. The number of aliphatic hydroxyl groups excluding tert-OH is 2. The van der Waals surface area contributed by atoms with Crippen molar-refractivity contribution in [1.29, 1.82) is 0 Å². The number of amides is 2. The van der Waals surface area contributed by atoms with Crippen LogP contribution in [0.2, 0.25) is 0 Å². The highest BCUT2D eigenvalue weighted by molar-refractivity contribution is 14.1. The molecule has 1 aromatic rings. The second-order valence-electron chi connectivity index (χ2n) is 12.9. The van der Waals surface area contributed by atoms with Crippen LogP contribution in [-0.2, 0) is 14.4 Å². The molecule has 3 unspecified atom stereocenters. The van der Waals surface area contributed by atoms with Crippen molar-refractivity contribution in [3.05, 3.63) is 39.5 Å². The van der Waals surface area contributed by atoms with Gasteiger partial charge >= 0.3 is 0 Å². The zero-order chi connectivity index (χ0) is 29.1. The first-order chi connectivity index (χ1) is 19.7. The van der Waals surface area contributed by atoms with Gasteiger partial charge in [0.15, 0.2) is 0 Å². The molecule has 41 heavy (non-hydrogen) atoms. The van der Waals surface area contributed by atoms with Gasteiger partial charge in [-0.05, 0) is 116 Å². The highest BCUT2D eigenvalue weighted by Gasteiger charge is 2.53. The maximum absolute atomic E-state index is 14.0. The summed E-state index contributed by atoms with van der Waals surface area (Å²) in [6.45, 7) is 2.04. The summed E-state index contributed by atoms with van der Waals surface area (Å²) >= 11 is 2.18. The number of Topliss-reactive ketones (excluding diaryl/α,β-unsaturated/α-hetero) is 1. The first-order valence-corrected chi connectivity index (χ1v) is 16.2. The van der Waals surface area contributed by atoms with E-state index in [9.17, 15) is 24.6 Å². The molecule has 4 saturated carbocycles. The summed E-state index contributed by atoms with van der Waals surface area (Å²) in [7, 11) is 0. The average Bonchev–Trinajstić information content (AvgIpc) is 2.92. The van der Waals surface area contributed by atoms with Crippen LogP contribution in [0.1, 0.15) is 71.1 Å². The van der Waals surface area contributed by atoms with Crippen molar-refractivity contribution < 1.29 is 29.3 Å². The van der Waals surface area contributed by atoms with Gasteiger partial charge < -0.3 is 30.0 Å². The summed E-state index contributed by atoms with van der Waals surface area (Å²) in [6, 6.07) is 6.88. The van der Waals surface area contributed by atoms with Crippen molar-refractivity contribution in [3.8, 4) is 5.75 Å². The Balaban J connectivity index is 1.45. The van der Waals surface area contributed by atoms with Crippen LogP contribution in [0.25, 0.3) is 0 Å². The molecule has 0 spiro atoms. The Kier molecular flexibility index (Phi) is 9.75. The van der Waals surface area contributed by atoms with E-state index in [1.54, 1.807) is 6.08 Å². The molecule has 3 N–H and O–H groups in total. The highest BCUT2D eigenvalue weighted by Crippen LogP contribution is 2.60. The number of halogens is 1. The largest absolute Gasteiger partial charge is 0.482 e. The van der Waals surface area contributed by atoms with E-state index in [0.29, 0.717) is 48.5 Å². The van der Waals surface area contributed by atoms with Crippen LogP contribution in [0.3, 0.4) is 0 Å². The van der Waals surface area contributed by atoms with Gasteiger partial charge in [0.1, 0.15) is 23.7 Å². The van der Waals surface area contributed by atoms with Crippen molar-refractivity contribution in [2.24, 2.45) is 23.2 Å². The fourth-order valence-electron chi connectivity index (χ4n) is 8.33. The van der Waals surface area contributed by atoms with Crippen molar-refractivity contribution in [3.63, 3.8) is 0 Å². The zero-order valence-corrected chi connectivity index (χ0v) is 26.1. The molecule has 0 radical (unpaired) electrons. The van der Waals surface area contributed by atoms with Gasteiger partial charge in [0.2, 0.25) is 11.8 Å². The fourth-order valence-corrected chi connectivity index (χ4v) is 8.85. The number of carbonyl (C=O) groups is 3. The van der Waals surface area contributed by atoms with E-state index in [1.165, 1.54) is 26.2 Å². The Morgan fingerprint density at radius 3 is 2.34 bits per heavy atom. The maximum atomic E-state index is 14.0. The van der Waals surface area contributed by atoms with Crippen LogP contribution in [0.15, 0.2) is 35.9 Å². The van der Waals surface area contributed by atoms with E-state index in [2.05, 4.69) is 27.9 Å². The second-order valence-corrected chi connectivity index (χ2v) is 14.1. The summed E-state index contributed by atoms with van der Waals surface area (Å²) < 4.78 is 7.18. The predicted octanol–water partition coefficient (Wildman–Crippen LogP) is 4.01. The van der Waals surface area contributed by atoms with Gasteiger partial charge in [-0.3, -0.25) is 9.59 Å². The Bertz CT molecular complexity index is 1130. The normalized spacial score (nSPS) is 31.9. The molecular formula is C32H43IN2O6. The first kappa shape index (κ1) is 30.5. The lowest BCUT2D eigenvalue weighted by Crippen LogP contribution is -2.59. The summed E-state index contributed by atoms with van der Waals surface area (Å²) in [5.74, 6) is 2.39. The number of para-hydroxylation sites is 1. The molecule has 4 fully saturated rings. The van der Waals surface area contributed by atoms with Gasteiger partial charge in [-0.1, -0.05) is 12.1 Å². The molecule has 9 heteroatoms. The van der Waals surface area contributed by atoms with Gasteiger partial charge in [-0.2, -0.15) is 0 Å². The third-order valence-corrected chi connectivity index (χ3v) is 10.5. The molecule has 6 rings (SSSR count). The quantitative estimate of drug-likeness (QED) is 0.288. The number of nitrogens with one attached hydrogen (secondary N) is 1. The molecule has 2 amide bonds. The Hall–Kier alpha value is -1.98. The number of hydrogen-bond acceptors (Lipinski definition) is 6. The highest BCUT2D eigenvalue weighted by atomic mass is 127. The van der Waals surface area contributed by atoms with E-state index in [4.69, 9.17) is 4.74 Å². The zero-order valence-electron chi connectivity index (χ0n) is 23.9. The van der Waals surface area contributed by atoms with Gasteiger partial charge in [0.25, 0.3) is 0 Å². The molecule has 0 aromatic heterocycles. The molecule has 5 aliphatic carbocycles. The summed E-state index contributed by atoms with van der Waals surface area (Å²) in [5, 5.41) is 23.8. The third kappa shape index (κ3) is 7.16. The van der Waals surface area contributed by atoms with Crippen LogP contribution in [0.4, 0.5) is 0 Å². The van der Waals surface area contributed by atoms with E-state index in [0.717, 1.165) is 22.8 Å². The average molecular weight is 679 g/mol. The SMILES string of the molecule is CC(=O)CCCC(=O)N(CC12CC3CC(CC(C3)C1)C2)C1CC(C(=O)NCCO)=CC(Oc2ccccc2I)C1O. The molecule has 0 aliphatic heterocycles. The number of nitrogens with zero attached hydrogens (tertiary/aromatic N) is 1. The van der Waals surface area contributed by atoms with Crippen LogP contribution in [-0.4, -0.2) is 70.7 Å². The summed E-state index contributed by atoms with van der Waals surface area (Å²) in [6.07, 6.45) is 8.26. The van der Waals surface area contributed by atoms with Crippen LogP contribution in [0.5, 0.6) is 5.75 Å². The smallest absolute Gasteiger partial charge is 0.247 e. The molecular weight excluding hydrogens is 635 g/mol. The van der Waals surface area contributed by atoms with Gasteiger partial charge in [0, 0.05) is 37.9 Å². The molecule has 1 aromatic carbocycles. The van der Waals surface area contributed by atoms with Gasteiger partial charge in [-0.25, -0.2) is 0 Å². The molecule has 8 nitrogen and oxygen atoms in total. The van der Waals surface area contributed by atoms with E-state index < -0.39 is 18.2 Å². The van der Waals surface area contributed by atoms with Crippen LogP contribution >= 0.6 is 22.6 Å². The van der Waals surface area contributed by atoms with E-state index in [1.807, 2.05) is 29.2 Å². The Labute approximate surface area is 256 Å². The lowest BCUT2D eigenvalue weighted by molar-refractivity contribution is -0.147. The molecule has 224 valence electrons. The molecule has 5 aliphatic rings. The second kappa shape index (κ2) is 13.1. The monoisotopic (exact) mass is 678 g/mol. The van der Waals surface area contributed by atoms with Crippen molar-refractivity contribution in [2.75, 3.05) is 19.7 Å². The minimum absolute atomic E-state index is 0.0380. The number of aliphatic hydroxyl groups is 2. The van der Waals surface area contributed by atoms with Crippen molar-refractivity contribution >= 4 is 40.2 Å². The topological polar surface area (TPSA) is 116 Å². The van der Waals surface area contributed by atoms with Gasteiger partial charge in [0.05, 0.1) is 16.2 Å². The standard InChI is InChI=1S/C32H43IN2O6/c1-20(37)5-4-8-29(38)35(19-32-16-21-11-22(17-32)13-23(12-21)18-32)26-14-24(31(40)34-9-10-36)15-28(30(26)39)41-27-7-3-2-6-25(27)33/h2-3,6-7,15,21-23,26,28,30,36,39H,4-5,8-14,16-19H2,1H3,(H,34,40). The third-order valence-electron chi connectivity index (χ3n) is 9.63. The number of ether oxygens (including phenoxy) is 1. The Morgan fingerprint density at radius 2 is 1.73 bits per heavy atom. The lowest BCUT2D eigenvalue weighted by atomic mass is 9.49. The molecule has 0 saturated heterocycles. The summed E-state index contributed by atoms with van der Waals surface area (Å²) in [5.41, 5.74) is 0.479. The maximum Gasteiger partial charge on any atom is 0.247 e. The lowest BCUT2D eigenvalue weighted by Gasteiger charge is -2.58. The number of hydrogen-bond donors (Lipinski definition) is 3. The number of rotatable bonds is 12. The van der Waals surface area contributed by atoms with Crippen molar-refractivity contribution in [2.45, 2.75) is 89.4 Å². The number of carbonyl (C=O) groups excluding carboxylic acids is 3. The van der Waals surface area contributed by atoms with Crippen molar-refractivity contribution in [1.82, 2.24) is 10.2 Å². The molecule has 0 heterocycles. The molecule has 3 atom stereocenters. The van der Waals surface area contributed by atoms with E-state index in [-0.39, 0.29) is 49.0 Å².